The number of nitrogens with one attached hydrogen (secondary N) is 1. The Morgan fingerprint density at radius 1 is 1.09 bits per heavy atom. The zero-order valence-electron chi connectivity index (χ0n) is 17.5. The number of amides is 1. The van der Waals surface area contributed by atoms with Gasteiger partial charge in [-0.15, -0.1) is 0 Å². The van der Waals surface area contributed by atoms with Crippen molar-refractivity contribution in [2.75, 3.05) is 5.01 Å². The maximum Gasteiger partial charge on any atom is 0.431 e. The molecule has 1 aliphatic rings. The highest BCUT2D eigenvalue weighted by Gasteiger charge is 2.43. The molecule has 0 bridgehead atoms. The average molecular weight is 483 g/mol. The van der Waals surface area contributed by atoms with Crippen molar-refractivity contribution >= 4 is 33.5 Å². The third-order valence-electron chi connectivity index (χ3n) is 4.72. The predicted octanol–water partition coefficient (Wildman–Crippen LogP) is 4.15. The molecule has 1 N–H and O–H groups in total. The van der Waals surface area contributed by atoms with Crippen molar-refractivity contribution in [3.8, 4) is 0 Å². The molecule has 1 unspecified atom stereocenters. The number of alkyl halides is 3. The Balaban J connectivity index is 1.84. The molecule has 2 aromatic carbocycles. The summed E-state index contributed by atoms with van der Waals surface area (Å²) in [7, 11) is -4.38. The van der Waals surface area contributed by atoms with E-state index in [-0.39, 0.29) is 17.0 Å². The Bertz CT molecular complexity index is 1160. The molecule has 3 rings (SSSR count). The molecule has 1 atom stereocenters. The number of esters is 1. The highest BCUT2D eigenvalue weighted by Crippen LogP contribution is 2.39. The summed E-state index contributed by atoms with van der Waals surface area (Å²) in [4.78, 5) is 22.8. The van der Waals surface area contributed by atoms with Crippen molar-refractivity contribution in [3.63, 3.8) is 0 Å². The van der Waals surface area contributed by atoms with Crippen LogP contribution in [-0.2, 0) is 19.6 Å². The molecule has 8 nitrogen and oxygen atoms in total. The molecule has 2 aromatic rings. The average Bonchev–Trinajstić information content (AvgIpc) is 3.20. The van der Waals surface area contributed by atoms with E-state index in [4.69, 9.17) is 0 Å². The van der Waals surface area contributed by atoms with Crippen LogP contribution in [0.5, 0.6) is 0 Å². The Labute approximate surface area is 188 Å². The summed E-state index contributed by atoms with van der Waals surface area (Å²) in [6.07, 6.45) is -6.44. The molecule has 1 heterocycles. The lowest BCUT2D eigenvalue weighted by atomic mass is 10.0. The fourth-order valence-corrected chi connectivity index (χ4v) is 3.90. The number of carbonyl (C=O) groups is 2. The first-order valence-corrected chi connectivity index (χ1v) is 11.2. The largest absolute Gasteiger partial charge is 0.431 e. The van der Waals surface area contributed by atoms with Gasteiger partial charge >= 0.3 is 18.2 Å². The van der Waals surface area contributed by atoms with Gasteiger partial charge in [0.15, 0.2) is 0 Å². The monoisotopic (exact) mass is 483 g/mol. The van der Waals surface area contributed by atoms with Crippen LogP contribution in [0.3, 0.4) is 0 Å². The normalized spacial score (nSPS) is 16.5. The van der Waals surface area contributed by atoms with Crippen molar-refractivity contribution in [1.82, 2.24) is 4.72 Å². The molecular weight excluding hydrogens is 463 g/mol. The number of hydrogen-bond acceptors (Lipinski definition) is 7. The van der Waals surface area contributed by atoms with E-state index in [0.717, 1.165) is 12.1 Å². The number of benzene rings is 2. The molecular formula is C21H20F3N3O5S. The third kappa shape index (κ3) is 5.69. The second-order valence-electron chi connectivity index (χ2n) is 7.48. The lowest BCUT2D eigenvalue weighted by Crippen LogP contribution is -2.33. The van der Waals surface area contributed by atoms with E-state index in [1.54, 1.807) is 35.1 Å². The molecule has 12 heteroatoms. The molecule has 176 valence electrons. The third-order valence-corrected chi connectivity index (χ3v) is 6.04. The van der Waals surface area contributed by atoms with Gasteiger partial charge in [0.2, 0.25) is 0 Å². The molecule has 0 radical (unpaired) electrons. The summed E-state index contributed by atoms with van der Waals surface area (Å²) in [5, 5.41) is 4.90. The Hall–Kier alpha value is -3.41. The van der Waals surface area contributed by atoms with Gasteiger partial charge < -0.3 is 4.74 Å². The van der Waals surface area contributed by atoms with Crippen LogP contribution in [0, 0.1) is 5.92 Å². The fourth-order valence-electron chi connectivity index (χ4n) is 3.03. The Morgan fingerprint density at radius 3 is 2.24 bits per heavy atom. The standard InChI is InChI=1S/C21H20F3N3O5S/c1-13(2)19(28)32-20(29)26-33(30,31)16-10-8-15(9-11-16)27-17(14-6-4-3-5-7-14)12-18(25-27)21(22,23)24/h3-11,13,17H,12H2,1-2H3,(H,26,29). The number of hydrazone groups is 1. The molecule has 0 spiro atoms. The van der Waals surface area contributed by atoms with E-state index in [2.05, 4.69) is 9.84 Å². The van der Waals surface area contributed by atoms with E-state index >= 15 is 0 Å². The van der Waals surface area contributed by atoms with Crippen LogP contribution in [0.2, 0.25) is 0 Å². The van der Waals surface area contributed by atoms with Gasteiger partial charge in [-0.05, 0) is 29.8 Å². The van der Waals surface area contributed by atoms with Gasteiger partial charge in [-0.3, -0.25) is 9.80 Å². The number of rotatable bonds is 5. The Morgan fingerprint density at radius 2 is 1.70 bits per heavy atom. The van der Waals surface area contributed by atoms with Crippen molar-refractivity contribution in [1.29, 1.82) is 0 Å². The SMILES string of the molecule is CC(C)C(=O)OC(=O)NS(=O)(=O)c1ccc(N2N=C(C(F)(F)F)CC2c2ccccc2)cc1. The summed E-state index contributed by atoms with van der Waals surface area (Å²) < 4.78 is 70.7. The van der Waals surface area contributed by atoms with E-state index in [1.807, 2.05) is 0 Å². The van der Waals surface area contributed by atoms with Crippen molar-refractivity contribution in [2.24, 2.45) is 11.0 Å². The minimum atomic E-state index is -4.61. The summed E-state index contributed by atoms with van der Waals surface area (Å²) in [6, 6.07) is 12.5. The maximum atomic E-state index is 13.3. The maximum absolute atomic E-state index is 13.3. The molecule has 33 heavy (non-hydrogen) atoms. The fraction of sp³-hybridized carbons (Fsp3) is 0.286. The van der Waals surface area contributed by atoms with Crippen LogP contribution in [0.15, 0.2) is 64.6 Å². The minimum absolute atomic E-state index is 0.222. The number of anilines is 1. The van der Waals surface area contributed by atoms with Crippen molar-refractivity contribution in [2.45, 2.75) is 37.4 Å². The first-order chi connectivity index (χ1) is 15.4. The summed E-state index contributed by atoms with van der Waals surface area (Å²) >= 11 is 0. The van der Waals surface area contributed by atoms with Gasteiger partial charge in [-0.25, -0.2) is 17.9 Å². The second-order valence-corrected chi connectivity index (χ2v) is 9.16. The van der Waals surface area contributed by atoms with Gasteiger partial charge in [0, 0.05) is 6.42 Å². The molecule has 1 aliphatic heterocycles. The molecule has 0 aromatic heterocycles. The van der Waals surface area contributed by atoms with E-state index < -0.39 is 45.9 Å². The summed E-state index contributed by atoms with van der Waals surface area (Å²) in [6.45, 7) is 2.94. The zero-order valence-corrected chi connectivity index (χ0v) is 18.4. The first-order valence-electron chi connectivity index (χ1n) is 9.76. The summed E-state index contributed by atoms with van der Waals surface area (Å²) in [5.41, 5.74) is -0.122. The van der Waals surface area contributed by atoms with E-state index in [0.29, 0.717) is 5.56 Å². The summed E-state index contributed by atoms with van der Waals surface area (Å²) in [5.74, 6) is -1.55. The van der Waals surface area contributed by atoms with E-state index in [1.165, 1.54) is 31.0 Å². The number of carbonyl (C=O) groups excluding carboxylic acids is 2. The van der Waals surface area contributed by atoms with E-state index in [9.17, 15) is 31.2 Å². The predicted molar refractivity (Wildman–Crippen MR) is 113 cm³/mol. The quantitative estimate of drug-likeness (QED) is 0.506. The van der Waals surface area contributed by atoms with Crippen LogP contribution >= 0.6 is 0 Å². The topological polar surface area (TPSA) is 105 Å². The number of sulfonamides is 1. The molecule has 0 saturated carbocycles. The van der Waals surface area contributed by atoms with Gasteiger partial charge in [0.1, 0.15) is 5.71 Å². The molecule has 0 saturated heterocycles. The van der Waals surface area contributed by atoms with Crippen LogP contribution in [-0.4, -0.2) is 32.4 Å². The number of hydrogen-bond donors (Lipinski definition) is 1. The lowest BCUT2D eigenvalue weighted by Gasteiger charge is -2.24. The second kappa shape index (κ2) is 9.22. The Kier molecular flexibility index (Phi) is 6.77. The highest BCUT2D eigenvalue weighted by molar-refractivity contribution is 7.90. The highest BCUT2D eigenvalue weighted by atomic mass is 32.2. The number of nitrogens with zero attached hydrogens (tertiary/aromatic N) is 2. The van der Waals surface area contributed by atoms with Gasteiger partial charge in [0.05, 0.1) is 22.5 Å². The number of halogens is 3. The molecule has 1 amide bonds. The zero-order chi connectivity index (χ0) is 24.4. The molecule has 0 fully saturated rings. The first kappa shape index (κ1) is 24.2. The minimum Gasteiger partial charge on any atom is -0.375 e. The smallest absolute Gasteiger partial charge is 0.375 e. The van der Waals surface area contributed by atoms with Gasteiger partial charge in [-0.2, -0.15) is 18.3 Å². The van der Waals surface area contributed by atoms with Crippen molar-refractivity contribution < 1.29 is 35.9 Å². The van der Waals surface area contributed by atoms with Crippen molar-refractivity contribution in [3.05, 3.63) is 60.2 Å². The van der Waals surface area contributed by atoms with Crippen LogP contribution in [0.1, 0.15) is 31.9 Å². The van der Waals surface area contributed by atoms with Gasteiger partial charge in [-0.1, -0.05) is 44.2 Å². The van der Waals surface area contributed by atoms with Gasteiger partial charge in [0.25, 0.3) is 10.0 Å². The number of ether oxygens (including phenoxy) is 1. The van der Waals surface area contributed by atoms with Crippen LogP contribution in [0.4, 0.5) is 23.7 Å². The molecule has 0 aliphatic carbocycles. The van der Waals surface area contributed by atoms with Crippen LogP contribution in [0.25, 0.3) is 0 Å². The van der Waals surface area contributed by atoms with Crippen LogP contribution < -0.4 is 9.73 Å². The lowest BCUT2D eigenvalue weighted by molar-refractivity contribution is -0.140.